The Hall–Kier alpha value is -1.14. The molecular formula is C20H37N3O7. The molecule has 10 nitrogen and oxygen atoms in total. The summed E-state index contributed by atoms with van der Waals surface area (Å²) >= 11 is 0. The van der Waals surface area contributed by atoms with E-state index in [1.807, 2.05) is 17.8 Å². The van der Waals surface area contributed by atoms with E-state index in [4.69, 9.17) is 14.2 Å². The first-order chi connectivity index (χ1) is 14.3. The molecule has 2 heterocycles. The van der Waals surface area contributed by atoms with Crippen molar-refractivity contribution in [1.29, 1.82) is 0 Å². The highest BCUT2D eigenvalue weighted by atomic mass is 16.7. The van der Waals surface area contributed by atoms with Gasteiger partial charge in [0.15, 0.2) is 6.29 Å². The lowest BCUT2D eigenvalue weighted by molar-refractivity contribution is -0.301. The molecule has 1 aliphatic rings. The maximum absolute atomic E-state index is 9.93. The van der Waals surface area contributed by atoms with Gasteiger partial charge in [-0.3, -0.25) is 4.68 Å². The number of aromatic nitrogens is 3. The monoisotopic (exact) mass is 431 g/mol. The quantitative estimate of drug-likeness (QED) is 0.318. The molecule has 0 aliphatic carbocycles. The molecule has 0 saturated carbocycles. The summed E-state index contributed by atoms with van der Waals surface area (Å²) in [6, 6.07) is 0. The van der Waals surface area contributed by atoms with Crippen LogP contribution < -0.4 is 0 Å². The highest BCUT2D eigenvalue weighted by Gasteiger charge is 2.43. The number of ether oxygens (including phenoxy) is 3. The summed E-state index contributed by atoms with van der Waals surface area (Å²) < 4.78 is 18.3. The third-order valence-corrected chi connectivity index (χ3v) is 5.27. The number of unbranched alkanes of at least 4 members (excludes halogenated alkanes) is 2. The smallest absolute Gasteiger partial charge is 0.186 e. The van der Waals surface area contributed by atoms with Crippen LogP contribution in [0.2, 0.25) is 0 Å². The Bertz CT molecular complexity index is 611. The van der Waals surface area contributed by atoms with Gasteiger partial charge in [-0.15, -0.1) is 5.10 Å². The van der Waals surface area contributed by atoms with Crippen LogP contribution in [-0.4, -0.2) is 91.5 Å². The van der Waals surface area contributed by atoms with Crippen molar-refractivity contribution >= 4 is 0 Å². The van der Waals surface area contributed by atoms with Crippen molar-refractivity contribution in [2.45, 2.75) is 95.7 Å². The van der Waals surface area contributed by atoms with Crippen LogP contribution in [0.25, 0.3) is 0 Å². The van der Waals surface area contributed by atoms with Crippen LogP contribution in [0, 0.1) is 0 Å². The Morgan fingerprint density at radius 3 is 2.60 bits per heavy atom. The number of hydrogen-bond donors (Lipinski definition) is 4. The van der Waals surface area contributed by atoms with E-state index in [0.717, 1.165) is 44.3 Å². The summed E-state index contributed by atoms with van der Waals surface area (Å²) in [6.45, 7) is 7.45. The molecule has 1 fully saturated rings. The number of hydrogen-bond acceptors (Lipinski definition) is 9. The average molecular weight is 432 g/mol. The second-order valence-electron chi connectivity index (χ2n) is 8.29. The number of nitrogens with zero attached hydrogens (tertiary/aromatic N) is 3. The molecule has 174 valence electrons. The largest absolute Gasteiger partial charge is 0.394 e. The molecule has 2 rings (SSSR count). The third-order valence-electron chi connectivity index (χ3n) is 5.27. The second kappa shape index (κ2) is 12.0. The van der Waals surface area contributed by atoms with E-state index in [0.29, 0.717) is 13.2 Å². The van der Waals surface area contributed by atoms with Crippen LogP contribution in [0.15, 0.2) is 6.20 Å². The Morgan fingerprint density at radius 2 is 1.90 bits per heavy atom. The van der Waals surface area contributed by atoms with E-state index in [1.54, 1.807) is 0 Å². The van der Waals surface area contributed by atoms with Crippen molar-refractivity contribution in [1.82, 2.24) is 15.0 Å². The summed E-state index contributed by atoms with van der Waals surface area (Å²) in [5.74, 6) is 0. The van der Waals surface area contributed by atoms with E-state index in [9.17, 15) is 20.4 Å². The molecule has 30 heavy (non-hydrogen) atoms. The molecule has 5 atom stereocenters. The van der Waals surface area contributed by atoms with Gasteiger partial charge in [0.2, 0.25) is 0 Å². The van der Waals surface area contributed by atoms with E-state index in [1.165, 1.54) is 0 Å². The molecule has 0 radical (unpaired) electrons. The lowest BCUT2D eigenvalue weighted by atomic mass is 9.99. The van der Waals surface area contributed by atoms with Gasteiger partial charge in [0, 0.05) is 26.0 Å². The topological polar surface area (TPSA) is 139 Å². The van der Waals surface area contributed by atoms with Crippen molar-refractivity contribution in [3.63, 3.8) is 0 Å². The van der Waals surface area contributed by atoms with E-state index >= 15 is 0 Å². The van der Waals surface area contributed by atoms with E-state index in [-0.39, 0.29) is 5.60 Å². The summed E-state index contributed by atoms with van der Waals surface area (Å²) in [5.41, 5.74) is 0.765. The molecule has 0 spiro atoms. The minimum absolute atomic E-state index is 0.179. The van der Waals surface area contributed by atoms with Gasteiger partial charge in [-0.05, 0) is 46.5 Å². The molecule has 1 saturated heterocycles. The molecule has 1 aromatic heterocycles. The van der Waals surface area contributed by atoms with Crippen LogP contribution in [0.3, 0.4) is 0 Å². The SMILES string of the molecule is CCOC(C)(C)CCn1cc(CCCCCOC2O[C@H](CO)[C@H](O)[C@H](O)[C@H]2O)nn1. The molecule has 10 heteroatoms. The van der Waals surface area contributed by atoms with Gasteiger partial charge in [-0.1, -0.05) is 11.6 Å². The fraction of sp³-hybridized carbons (Fsp3) is 0.900. The minimum Gasteiger partial charge on any atom is -0.394 e. The maximum atomic E-state index is 9.93. The van der Waals surface area contributed by atoms with Gasteiger partial charge in [0.05, 0.1) is 17.9 Å². The van der Waals surface area contributed by atoms with Crippen LogP contribution in [0.4, 0.5) is 0 Å². The minimum atomic E-state index is -1.41. The van der Waals surface area contributed by atoms with Crippen molar-refractivity contribution in [2.24, 2.45) is 0 Å². The van der Waals surface area contributed by atoms with Crippen LogP contribution in [0.5, 0.6) is 0 Å². The van der Waals surface area contributed by atoms with Crippen molar-refractivity contribution < 1.29 is 34.6 Å². The molecular weight excluding hydrogens is 394 g/mol. The predicted molar refractivity (Wildman–Crippen MR) is 108 cm³/mol. The predicted octanol–water partition coefficient (Wildman–Crippen LogP) is 0.0126. The number of rotatable bonds is 13. The lowest BCUT2D eigenvalue weighted by Crippen LogP contribution is -2.59. The van der Waals surface area contributed by atoms with Crippen LogP contribution in [-0.2, 0) is 27.2 Å². The highest BCUT2D eigenvalue weighted by molar-refractivity contribution is 4.92. The lowest BCUT2D eigenvalue weighted by Gasteiger charge is -2.39. The van der Waals surface area contributed by atoms with Crippen molar-refractivity contribution in [3.8, 4) is 0 Å². The molecule has 0 amide bonds. The Kier molecular flexibility index (Phi) is 10.1. The zero-order valence-electron chi connectivity index (χ0n) is 18.2. The Morgan fingerprint density at radius 1 is 1.13 bits per heavy atom. The highest BCUT2D eigenvalue weighted by Crippen LogP contribution is 2.22. The standard InChI is InChI=1S/C20H37N3O7/c1-4-29-20(2,3)9-10-23-12-14(21-22-23)8-6-5-7-11-28-19-18(27)17(26)16(25)15(13-24)30-19/h12,15-19,24-27H,4-11,13H2,1-3H3/t15-,16+,17+,18-,19?/m1/s1. The van der Waals surface area contributed by atoms with E-state index in [2.05, 4.69) is 24.2 Å². The van der Waals surface area contributed by atoms with E-state index < -0.39 is 37.3 Å². The van der Waals surface area contributed by atoms with Crippen molar-refractivity contribution in [2.75, 3.05) is 19.8 Å². The number of aryl methyl sites for hydroxylation is 2. The molecule has 1 aliphatic heterocycles. The van der Waals surface area contributed by atoms with Crippen LogP contribution >= 0.6 is 0 Å². The maximum Gasteiger partial charge on any atom is 0.186 e. The molecule has 0 aromatic carbocycles. The fourth-order valence-electron chi connectivity index (χ4n) is 3.40. The second-order valence-corrected chi connectivity index (χ2v) is 8.29. The van der Waals surface area contributed by atoms with Gasteiger partial charge in [-0.25, -0.2) is 0 Å². The fourth-order valence-corrected chi connectivity index (χ4v) is 3.40. The zero-order valence-corrected chi connectivity index (χ0v) is 18.2. The molecule has 1 aromatic rings. The average Bonchev–Trinajstić information content (AvgIpc) is 3.17. The molecule has 1 unspecified atom stereocenters. The van der Waals surface area contributed by atoms with Gasteiger partial charge in [-0.2, -0.15) is 0 Å². The first-order valence-electron chi connectivity index (χ1n) is 10.7. The molecule has 0 bridgehead atoms. The first kappa shape index (κ1) is 25.1. The summed E-state index contributed by atoms with van der Waals surface area (Å²) in [4.78, 5) is 0. The van der Waals surface area contributed by atoms with Gasteiger partial charge >= 0.3 is 0 Å². The first-order valence-corrected chi connectivity index (χ1v) is 10.7. The van der Waals surface area contributed by atoms with Gasteiger partial charge < -0.3 is 34.6 Å². The Balaban J connectivity index is 1.61. The molecule has 4 N–H and O–H groups in total. The van der Waals surface area contributed by atoms with Gasteiger partial charge in [0.1, 0.15) is 24.4 Å². The third kappa shape index (κ3) is 7.52. The number of aliphatic hydroxyl groups is 4. The summed E-state index contributed by atoms with van der Waals surface area (Å²) in [5, 5.41) is 47.0. The van der Waals surface area contributed by atoms with Crippen molar-refractivity contribution in [3.05, 3.63) is 11.9 Å². The zero-order chi connectivity index (χ0) is 22.1. The summed E-state index contributed by atoms with van der Waals surface area (Å²) in [6.07, 6.45) is 0.0302. The Labute approximate surface area is 177 Å². The normalized spacial score (nSPS) is 27.5. The van der Waals surface area contributed by atoms with Gasteiger partial charge in [0.25, 0.3) is 0 Å². The summed E-state index contributed by atoms with van der Waals surface area (Å²) in [7, 11) is 0. The van der Waals surface area contributed by atoms with Crippen LogP contribution in [0.1, 0.15) is 52.1 Å². The number of aliphatic hydroxyl groups excluding tert-OH is 4.